The normalized spacial score (nSPS) is 35.2. The minimum atomic E-state index is -0.385. The van der Waals surface area contributed by atoms with Crippen molar-refractivity contribution in [3.8, 4) is 0 Å². The van der Waals surface area contributed by atoms with Crippen molar-refractivity contribution in [2.24, 2.45) is 5.92 Å². The second-order valence-corrected chi connectivity index (χ2v) is 7.26. The molecule has 0 unspecified atom stereocenters. The molecule has 1 saturated heterocycles. The van der Waals surface area contributed by atoms with Gasteiger partial charge in [0.2, 0.25) is 5.91 Å². The Morgan fingerprint density at radius 2 is 1.71 bits per heavy atom. The van der Waals surface area contributed by atoms with Gasteiger partial charge in [0.05, 0.1) is 12.1 Å². The van der Waals surface area contributed by atoms with Crippen molar-refractivity contribution in [2.75, 3.05) is 13.1 Å². The van der Waals surface area contributed by atoms with E-state index in [0.29, 0.717) is 12.3 Å². The summed E-state index contributed by atoms with van der Waals surface area (Å²) in [6.45, 7) is 2.23. The Balaban J connectivity index is 1.50. The minimum Gasteiger partial charge on any atom is -0.389 e. The molecule has 0 aromatic heterocycles. The van der Waals surface area contributed by atoms with Crippen molar-refractivity contribution < 1.29 is 9.90 Å². The Labute approximate surface area is 128 Å². The first-order valence-electron chi connectivity index (χ1n) is 8.95. The highest BCUT2D eigenvalue weighted by Gasteiger charge is 2.37. The summed E-state index contributed by atoms with van der Waals surface area (Å²) in [6, 6.07) is 0.233. The van der Waals surface area contributed by atoms with Crippen molar-refractivity contribution in [1.82, 2.24) is 10.2 Å². The molecule has 1 amide bonds. The Hall–Kier alpha value is -0.610. The van der Waals surface area contributed by atoms with E-state index in [1.165, 1.54) is 38.5 Å². The molecule has 120 valence electrons. The van der Waals surface area contributed by atoms with Crippen LogP contribution >= 0.6 is 0 Å². The standard InChI is InChI=1S/C17H30N2O2/c20-16(12-13-6-1-2-7-13)18-14-8-5-9-15(17(14)21)19-10-3-4-11-19/h13-15,17,21H,1-12H2,(H,18,20)/t14-,15-,17-/m1/s1. The lowest BCUT2D eigenvalue weighted by atomic mass is 9.87. The summed E-state index contributed by atoms with van der Waals surface area (Å²) >= 11 is 0. The van der Waals surface area contributed by atoms with Crippen LogP contribution in [0.15, 0.2) is 0 Å². The van der Waals surface area contributed by atoms with E-state index in [1.54, 1.807) is 0 Å². The number of carbonyl (C=O) groups excluding carboxylic acids is 1. The van der Waals surface area contributed by atoms with Crippen LogP contribution in [0.4, 0.5) is 0 Å². The van der Waals surface area contributed by atoms with Crippen molar-refractivity contribution in [3.05, 3.63) is 0 Å². The van der Waals surface area contributed by atoms with Gasteiger partial charge in [0.15, 0.2) is 0 Å². The molecule has 0 spiro atoms. The van der Waals surface area contributed by atoms with Gasteiger partial charge in [-0.15, -0.1) is 0 Å². The van der Waals surface area contributed by atoms with Crippen molar-refractivity contribution >= 4 is 5.91 Å². The first kappa shape index (κ1) is 15.3. The van der Waals surface area contributed by atoms with E-state index in [9.17, 15) is 9.90 Å². The van der Waals surface area contributed by atoms with Crippen LogP contribution in [0, 0.1) is 5.92 Å². The smallest absolute Gasteiger partial charge is 0.220 e. The van der Waals surface area contributed by atoms with Gasteiger partial charge in [-0.3, -0.25) is 9.69 Å². The maximum Gasteiger partial charge on any atom is 0.220 e. The van der Waals surface area contributed by atoms with Gasteiger partial charge in [-0.25, -0.2) is 0 Å². The van der Waals surface area contributed by atoms with Gasteiger partial charge in [0.25, 0.3) is 0 Å². The van der Waals surface area contributed by atoms with Gasteiger partial charge in [-0.1, -0.05) is 12.8 Å². The summed E-state index contributed by atoms with van der Waals surface area (Å²) in [5.41, 5.74) is 0. The molecular formula is C17H30N2O2. The maximum absolute atomic E-state index is 12.2. The molecule has 21 heavy (non-hydrogen) atoms. The average Bonchev–Trinajstić information content (AvgIpc) is 3.14. The molecule has 3 fully saturated rings. The van der Waals surface area contributed by atoms with E-state index < -0.39 is 0 Å². The fourth-order valence-electron chi connectivity index (χ4n) is 4.53. The van der Waals surface area contributed by atoms with Gasteiger partial charge in [-0.05, 0) is 64.0 Å². The average molecular weight is 294 g/mol. The van der Waals surface area contributed by atoms with Crippen LogP contribution in [0.1, 0.15) is 64.2 Å². The zero-order valence-corrected chi connectivity index (χ0v) is 13.1. The molecule has 4 nitrogen and oxygen atoms in total. The number of hydrogen-bond donors (Lipinski definition) is 2. The number of rotatable bonds is 4. The van der Waals surface area contributed by atoms with E-state index in [1.807, 2.05) is 0 Å². The Morgan fingerprint density at radius 3 is 2.43 bits per heavy atom. The Bertz CT molecular complexity index is 349. The van der Waals surface area contributed by atoms with E-state index in [4.69, 9.17) is 0 Å². The largest absolute Gasteiger partial charge is 0.389 e. The third kappa shape index (κ3) is 3.78. The van der Waals surface area contributed by atoms with E-state index in [2.05, 4.69) is 10.2 Å². The lowest BCUT2D eigenvalue weighted by molar-refractivity contribution is -0.124. The summed E-state index contributed by atoms with van der Waals surface area (Å²) < 4.78 is 0. The quantitative estimate of drug-likeness (QED) is 0.834. The summed E-state index contributed by atoms with van der Waals surface area (Å²) in [4.78, 5) is 14.6. The highest BCUT2D eigenvalue weighted by Crippen LogP contribution is 2.29. The summed E-state index contributed by atoms with van der Waals surface area (Å²) in [7, 11) is 0. The molecule has 0 radical (unpaired) electrons. The van der Waals surface area contributed by atoms with E-state index >= 15 is 0 Å². The number of likely N-dealkylation sites (tertiary alicyclic amines) is 1. The van der Waals surface area contributed by atoms with Crippen LogP contribution in [-0.4, -0.2) is 47.2 Å². The molecule has 1 aliphatic heterocycles. The molecule has 4 heteroatoms. The molecule has 1 heterocycles. The molecule has 0 aromatic carbocycles. The van der Waals surface area contributed by atoms with Crippen LogP contribution in [-0.2, 0) is 4.79 Å². The number of nitrogens with one attached hydrogen (secondary N) is 1. The molecule has 2 saturated carbocycles. The minimum absolute atomic E-state index is 0.0294. The van der Waals surface area contributed by atoms with Gasteiger partial charge in [0, 0.05) is 12.5 Å². The molecule has 0 aromatic rings. The van der Waals surface area contributed by atoms with Crippen LogP contribution < -0.4 is 5.32 Å². The summed E-state index contributed by atoms with van der Waals surface area (Å²) in [5.74, 6) is 0.744. The van der Waals surface area contributed by atoms with Gasteiger partial charge >= 0.3 is 0 Å². The zero-order valence-electron chi connectivity index (χ0n) is 13.1. The molecule has 2 N–H and O–H groups in total. The molecule has 3 rings (SSSR count). The molecule has 2 aliphatic carbocycles. The number of aliphatic hydroxyl groups is 1. The lowest BCUT2D eigenvalue weighted by Crippen LogP contribution is -2.56. The highest BCUT2D eigenvalue weighted by atomic mass is 16.3. The van der Waals surface area contributed by atoms with E-state index in [-0.39, 0.29) is 24.1 Å². The predicted octanol–water partition coefficient (Wildman–Crippen LogP) is 2.06. The van der Waals surface area contributed by atoms with Crippen LogP contribution in [0.5, 0.6) is 0 Å². The number of hydrogen-bond acceptors (Lipinski definition) is 3. The first-order chi connectivity index (χ1) is 10.2. The second-order valence-electron chi connectivity index (χ2n) is 7.26. The fourth-order valence-corrected chi connectivity index (χ4v) is 4.53. The third-order valence-electron chi connectivity index (χ3n) is 5.73. The van der Waals surface area contributed by atoms with E-state index in [0.717, 1.165) is 32.4 Å². The predicted molar refractivity (Wildman–Crippen MR) is 83.0 cm³/mol. The van der Waals surface area contributed by atoms with Crippen molar-refractivity contribution in [1.29, 1.82) is 0 Å². The third-order valence-corrected chi connectivity index (χ3v) is 5.73. The maximum atomic E-state index is 12.2. The van der Waals surface area contributed by atoms with Gasteiger partial charge in [0.1, 0.15) is 0 Å². The molecule has 0 bridgehead atoms. The molecule has 3 aliphatic rings. The van der Waals surface area contributed by atoms with Crippen molar-refractivity contribution in [2.45, 2.75) is 82.4 Å². The number of nitrogens with zero attached hydrogens (tertiary/aromatic N) is 1. The summed E-state index contributed by atoms with van der Waals surface area (Å²) in [5, 5.41) is 13.8. The SMILES string of the molecule is O=C(CC1CCCC1)N[C@@H]1CCC[C@@H](N2CCCC2)[C@@H]1O. The zero-order chi connectivity index (χ0) is 14.7. The number of amides is 1. The van der Waals surface area contributed by atoms with Crippen LogP contribution in [0.25, 0.3) is 0 Å². The summed E-state index contributed by atoms with van der Waals surface area (Å²) in [6.07, 6.45) is 10.9. The van der Waals surface area contributed by atoms with Gasteiger partial charge < -0.3 is 10.4 Å². The Kier molecular flexibility index (Phi) is 5.17. The molecular weight excluding hydrogens is 264 g/mol. The fraction of sp³-hybridized carbons (Fsp3) is 0.941. The topological polar surface area (TPSA) is 52.6 Å². The number of carbonyl (C=O) groups is 1. The van der Waals surface area contributed by atoms with Crippen LogP contribution in [0.2, 0.25) is 0 Å². The Morgan fingerprint density at radius 1 is 1.00 bits per heavy atom. The first-order valence-corrected chi connectivity index (χ1v) is 8.95. The van der Waals surface area contributed by atoms with Crippen LogP contribution in [0.3, 0.4) is 0 Å². The monoisotopic (exact) mass is 294 g/mol. The van der Waals surface area contributed by atoms with Crippen molar-refractivity contribution in [3.63, 3.8) is 0 Å². The molecule has 3 atom stereocenters. The lowest BCUT2D eigenvalue weighted by Gasteiger charge is -2.40. The second kappa shape index (κ2) is 7.10. The van der Waals surface area contributed by atoms with Gasteiger partial charge in [-0.2, -0.15) is 0 Å². The highest BCUT2D eigenvalue weighted by molar-refractivity contribution is 5.76. The number of aliphatic hydroxyl groups excluding tert-OH is 1.